The van der Waals surface area contributed by atoms with Gasteiger partial charge in [0.15, 0.2) is 5.78 Å². The van der Waals surface area contributed by atoms with Gasteiger partial charge in [0, 0.05) is 11.1 Å². The van der Waals surface area contributed by atoms with Crippen LogP contribution in [0.1, 0.15) is 21.5 Å². The van der Waals surface area contributed by atoms with E-state index in [1.165, 1.54) is 6.07 Å². The minimum Gasteiger partial charge on any atom is -0.489 e. The molecule has 0 unspecified atom stereocenters. The molecule has 0 aromatic heterocycles. The van der Waals surface area contributed by atoms with Gasteiger partial charge in [-0.25, -0.2) is 13.6 Å². The Bertz CT molecular complexity index is 1200. The first kappa shape index (κ1) is 18.2. The number of hydrogen-bond donors (Lipinski definition) is 1. The number of primary sulfonamides is 1. The Kier molecular flexibility index (Phi) is 4.58. The molecule has 6 heteroatoms. The summed E-state index contributed by atoms with van der Waals surface area (Å²) in [6, 6.07) is 18.7. The van der Waals surface area contributed by atoms with E-state index in [1.54, 1.807) is 42.5 Å². The van der Waals surface area contributed by atoms with E-state index in [1.807, 2.05) is 30.4 Å². The third-order valence-corrected chi connectivity index (χ3v) is 5.50. The zero-order valence-corrected chi connectivity index (χ0v) is 15.6. The summed E-state index contributed by atoms with van der Waals surface area (Å²) < 4.78 is 30.0. The zero-order chi connectivity index (χ0) is 19.7. The standard InChI is InChI=1S/C22H17NO4S/c23-28(25,26)20-10-4-9-18(21(20)22(24)15-6-2-1-3-7-15)16-11-12-19-17(14-16)8-5-13-27-19/h1-12,14H,13H2,(H2,23,25,26). The summed E-state index contributed by atoms with van der Waals surface area (Å²) in [5.41, 5.74) is 2.53. The smallest absolute Gasteiger partial charge is 0.238 e. The molecule has 0 amide bonds. The molecule has 4 rings (SSSR count). The second-order valence-electron chi connectivity index (χ2n) is 6.38. The lowest BCUT2D eigenvalue weighted by atomic mass is 9.92. The number of rotatable bonds is 4. The molecule has 3 aromatic rings. The number of ketones is 1. The number of nitrogens with two attached hydrogens (primary N) is 1. The van der Waals surface area contributed by atoms with Crippen molar-refractivity contribution in [1.82, 2.24) is 0 Å². The third-order valence-electron chi connectivity index (χ3n) is 4.55. The van der Waals surface area contributed by atoms with Gasteiger partial charge >= 0.3 is 0 Å². The maximum atomic E-state index is 13.2. The average Bonchev–Trinajstić information content (AvgIpc) is 2.72. The van der Waals surface area contributed by atoms with Crippen LogP contribution in [0.5, 0.6) is 5.75 Å². The number of hydrogen-bond acceptors (Lipinski definition) is 4. The molecule has 1 aliphatic rings. The maximum Gasteiger partial charge on any atom is 0.238 e. The van der Waals surface area contributed by atoms with Crippen LogP contribution in [-0.2, 0) is 10.0 Å². The summed E-state index contributed by atoms with van der Waals surface area (Å²) >= 11 is 0. The molecule has 2 N–H and O–H groups in total. The minimum absolute atomic E-state index is 0.0665. The van der Waals surface area contributed by atoms with Crippen LogP contribution >= 0.6 is 0 Å². The Morgan fingerprint density at radius 2 is 1.75 bits per heavy atom. The molecule has 0 bridgehead atoms. The van der Waals surface area contributed by atoms with E-state index in [2.05, 4.69) is 0 Å². The van der Waals surface area contributed by atoms with Crippen LogP contribution in [0, 0.1) is 0 Å². The highest BCUT2D eigenvalue weighted by Gasteiger charge is 2.24. The summed E-state index contributed by atoms with van der Waals surface area (Å²) in [5, 5.41) is 5.42. The van der Waals surface area contributed by atoms with Gasteiger partial charge in [-0.05, 0) is 35.4 Å². The maximum absolute atomic E-state index is 13.2. The zero-order valence-electron chi connectivity index (χ0n) is 14.8. The molecule has 0 fully saturated rings. The molecule has 0 radical (unpaired) electrons. The SMILES string of the molecule is NS(=O)(=O)c1cccc(-c2ccc3c(c2)C=CCO3)c1C(=O)c1ccccc1. The average molecular weight is 391 g/mol. The van der Waals surface area contributed by atoms with Gasteiger partial charge in [0.05, 0.1) is 10.5 Å². The van der Waals surface area contributed by atoms with Crippen molar-refractivity contribution < 1.29 is 17.9 Å². The van der Waals surface area contributed by atoms with E-state index in [-0.39, 0.29) is 10.5 Å². The van der Waals surface area contributed by atoms with Gasteiger partial charge in [-0.2, -0.15) is 0 Å². The van der Waals surface area contributed by atoms with Gasteiger partial charge in [-0.1, -0.05) is 54.6 Å². The fraction of sp³-hybridized carbons (Fsp3) is 0.0455. The molecule has 140 valence electrons. The molecular formula is C22H17NO4S. The monoisotopic (exact) mass is 391 g/mol. The lowest BCUT2D eigenvalue weighted by Crippen LogP contribution is -2.18. The van der Waals surface area contributed by atoms with Crippen molar-refractivity contribution in [2.45, 2.75) is 4.90 Å². The molecule has 0 saturated heterocycles. The predicted molar refractivity (Wildman–Crippen MR) is 108 cm³/mol. The Balaban J connectivity index is 1.96. The minimum atomic E-state index is -4.09. The van der Waals surface area contributed by atoms with E-state index in [0.717, 1.165) is 11.3 Å². The summed E-state index contributed by atoms with van der Waals surface area (Å²) in [7, 11) is -4.09. The van der Waals surface area contributed by atoms with Crippen LogP contribution in [0.25, 0.3) is 17.2 Å². The van der Waals surface area contributed by atoms with E-state index in [0.29, 0.717) is 23.3 Å². The predicted octanol–water partition coefficient (Wildman–Crippen LogP) is 3.64. The lowest BCUT2D eigenvalue weighted by molar-refractivity contribution is 0.103. The van der Waals surface area contributed by atoms with E-state index >= 15 is 0 Å². The first-order valence-electron chi connectivity index (χ1n) is 8.64. The second kappa shape index (κ2) is 7.07. The van der Waals surface area contributed by atoms with Crippen molar-refractivity contribution in [1.29, 1.82) is 0 Å². The van der Waals surface area contributed by atoms with Crippen LogP contribution in [0.4, 0.5) is 0 Å². The number of carbonyl (C=O) groups is 1. The largest absolute Gasteiger partial charge is 0.489 e. The molecule has 0 atom stereocenters. The van der Waals surface area contributed by atoms with E-state index in [9.17, 15) is 13.2 Å². The van der Waals surface area contributed by atoms with Gasteiger partial charge in [-0.15, -0.1) is 0 Å². The van der Waals surface area contributed by atoms with Gasteiger partial charge in [0.2, 0.25) is 10.0 Å². The molecule has 1 heterocycles. The first-order chi connectivity index (χ1) is 13.4. The molecule has 5 nitrogen and oxygen atoms in total. The van der Waals surface area contributed by atoms with Crippen LogP contribution in [-0.4, -0.2) is 20.8 Å². The molecule has 0 saturated carbocycles. The Morgan fingerprint density at radius 1 is 0.964 bits per heavy atom. The Labute approximate surface area is 163 Å². The lowest BCUT2D eigenvalue weighted by Gasteiger charge is -2.16. The number of fused-ring (bicyclic) bond motifs is 1. The highest BCUT2D eigenvalue weighted by Crippen LogP contribution is 2.34. The Morgan fingerprint density at radius 3 is 2.50 bits per heavy atom. The van der Waals surface area contributed by atoms with Crippen molar-refractivity contribution in [3.05, 3.63) is 89.5 Å². The van der Waals surface area contributed by atoms with Crippen molar-refractivity contribution in [2.24, 2.45) is 5.14 Å². The molecular weight excluding hydrogens is 374 g/mol. The van der Waals surface area contributed by atoms with Crippen molar-refractivity contribution in [3.63, 3.8) is 0 Å². The fourth-order valence-electron chi connectivity index (χ4n) is 3.27. The highest BCUT2D eigenvalue weighted by molar-refractivity contribution is 7.89. The number of carbonyl (C=O) groups excluding carboxylic acids is 1. The summed E-state index contributed by atoms with van der Waals surface area (Å²) in [6.07, 6.45) is 3.83. The van der Waals surface area contributed by atoms with Gasteiger partial charge in [-0.3, -0.25) is 4.79 Å². The molecule has 0 spiro atoms. The first-order valence-corrected chi connectivity index (χ1v) is 10.2. The molecule has 1 aliphatic heterocycles. The fourth-order valence-corrected chi connectivity index (χ4v) is 4.02. The van der Waals surface area contributed by atoms with E-state index in [4.69, 9.17) is 9.88 Å². The number of ether oxygens (including phenoxy) is 1. The third kappa shape index (κ3) is 3.35. The second-order valence-corrected chi connectivity index (χ2v) is 7.91. The number of benzene rings is 3. The van der Waals surface area contributed by atoms with Gasteiger partial charge in [0.1, 0.15) is 12.4 Å². The van der Waals surface area contributed by atoms with Crippen molar-refractivity contribution in [2.75, 3.05) is 6.61 Å². The van der Waals surface area contributed by atoms with Crippen LogP contribution in [0.3, 0.4) is 0 Å². The summed E-state index contributed by atoms with van der Waals surface area (Å²) in [4.78, 5) is 13.0. The van der Waals surface area contributed by atoms with Crippen LogP contribution in [0.2, 0.25) is 0 Å². The summed E-state index contributed by atoms with van der Waals surface area (Å²) in [6.45, 7) is 0.505. The van der Waals surface area contributed by atoms with Gasteiger partial charge in [0.25, 0.3) is 0 Å². The number of sulfonamides is 1. The van der Waals surface area contributed by atoms with E-state index < -0.39 is 15.8 Å². The van der Waals surface area contributed by atoms with Crippen LogP contribution in [0.15, 0.2) is 77.7 Å². The normalized spacial score (nSPS) is 12.9. The topological polar surface area (TPSA) is 86.5 Å². The van der Waals surface area contributed by atoms with Crippen molar-refractivity contribution in [3.8, 4) is 16.9 Å². The Hall–Kier alpha value is -3.22. The summed E-state index contributed by atoms with van der Waals surface area (Å²) in [5.74, 6) is 0.342. The highest BCUT2D eigenvalue weighted by atomic mass is 32.2. The quantitative estimate of drug-likeness (QED) is 0.688. The molecule has 0 aliphatic carbocycles. The van der Waals surface area contributed by atoms with Crippen molar-refractivity contribution >= 4 is 21.9 Å². The molecule has 3 aromatic carbocycles. The molecule has 28 heavy (non-hydrogen) atoms. The van der Waals surface area contributed by atoms with Crippen LogP contribution < -0.4 is 9.88 Å². The van der Waals surface area contributed by atoms with Gasteiger partial charge < -0.3 is 4.74 Å².